The van der Waals surface area contributed by atoms with Crippen LogP contribution < -0.4 is 14.8 Å². The van der Waals surface area contributed by atoms with Crippen LogP contribution in [0.1, 0.15) is 0 Å². The molecule has 0 saturated heterocycles. The number of hydrogen-bond acceptors (Lipinski definition) is 6. The van der Waals surface area contributed by atoms with Crippen LogP contribution in [0.25, 0.3) is 22.3 Å². The van der Waals surface area contributed by atoms with Crippen molar-refractivity contribution in [3.63, 3.8) is 0 Å². The van der Waals surface area contributed by atoms with Crippen LogP contribution in [0.5, 0.6) is 11.5 Å². The Morgan fingerprint density at radius 1 is 0.964 bits per heavy atom. The maximum absolute atomic E-state index is 6.14. The third-order valence-corrected chi connectivity index (χ3v) is 4.55. The van der Waals surface area contributed by atoms with Crippen molar-refractivity contribution in [1.29, 1.82) is 0 Å². The topological polar surface area (TPSA) is 69.2 Å². The van der Waals surface area contributed by atoms with E-state index >= 15 is 0 Å². The van der Waals surface area contributed by atoms with Crippen LogP contribution in [0.4, 0.5) is 11.5 Å². The van der Waals surface area contributed by atoms with Gasteiger partial charge in [-0.05, 0) is 42.5 Å². The fourth-order valence-electron chi connectivity index (χ4n) is 2.83. The van der Waals surface area contributed by atoms with E-state index in [2.05, 4.69) is 15.3 Å². The minimum atomic E-state index is 0.540. The van der Waals surface area contributed by atoms with Crippen LogP contribution >= 0.6 is 11.6 Å². The third-order valence-electron chi connectivity index (χ3n) is 4.24. The number of rotatable bonds is 5. The van der Waals surface area contributed by atoms with E-state index < -0.39 is 0 Å². The van der Waals surface area contributed by atoms with Crippen molar-refractivity contribution in [2.45, 2.75) is 0 Å². The number of benzene rings is 2. The van der Waals surface area contributed by atoms with Gasteiger partial charge in [-0.15, -0.1) is 0 Å². The van der Waals surface area contributed by atoms with Gasteiger partial charge in [0.2, 0.25) is 0 Å². The second-order valence-electron chi connectivity index (χ2n) is 5.99. The Hall–Kier alpha value is -3.38. The first-order valence-corrected chi connectivity index (χ1v) is 8.92. The van der Waals surface area contributed by atoms with Crippen molar-refractivity contribution in [2.24, 2.45) is 0 Å². The number of ether oxygens (including phenoxy) is 2. The molecule has 140 valence electrons. The van der Waals surface area contributed by atoms with Crippen molar-refractivity contribution in [3.8, 4) is 22.9 Å². The average Bonchev–Trinajstić information content (AvgIpc) is 2.75. The zero-order chi connectivity index (χ0) is 19.5. The molecule has 0 fully saturated rings. The summed E-state index contributed by atoms with van der Waals surface area (Å²) < 4.78 is 10.7. The summed E-state index contributed by atoms with van der Waals surface area (Å²) in [6, 6.07) is 14.9. The second kappa shape index (κ2) is 7.70. The van der Waals surface area contributed by atoms with E-state index in [4.69, 9.17) is 26.1 Å². The first-order chi connectivity index (χ1) is 13.7. The van der Waals surface area contributed by atoms with E-state index in [1.165, 1.54) is 0 Å². The van der Waals surface area contributed by atoms with E-state index in [-0.39, 0.29) is 0 Å². The van der Waals surface area contributed by atoms with E-state index in [1.807, 2.05) is 42.5 Å². The van der Waals surface area contributed by atoms with Crippen LogP contribution in [0.15, 0.2) is 60.9 Å². The Morgan fingerprint density at radius 3 is 2.61 bits per heavy atom. The lowest BCUT2D eigenvalue weighted by atomic mass is 10.2. The van der Waals surface area contributed by atoms with Crippen LogP contribution in [0.3, 0.4) is 0 Å². The number of nitrogens with zero attached hydrogens (tertiary/aromatic N) is 3. The number of pyridine rings is 1. The van der Waals surface area contributed by atoms with E-state index in [9.17, 15) is 0 Å². The number of fused-ring (bicyclic) bond motifs is 1. The molecule has 0 amide bonds. The van der Waals surface area contributed by atoms with Crippen molar-refractivity contribution in [2.75, 3.05) is 19.5 Å². The molecule has 0 aliphatic carbocycles. The summed E-state index contributed by atoms with van der Waals surface area (Å²) in [7, 11) is 3.21. The number of halogens is 1. The highest BCUT2D eigenvalue weighted by molar-refractivity contribution is 6.32. The average molecular weight is 393 g/mol. The van der Waals surface area contributed by atoms with E-state index in [0.29, 0.717) is 22.4 Å². The third kappa shape index (κ3) is 3.54. The van der Waals surface area contributed by atoms with Gasteiger partial charge in [-0.2, -0.15) is 0 Å². The molecule has 2 aromatic carbocycles. The molecule has 7 heteroatoms. The lowest BCUT2D eigenvalue weighted by Gasteiger charge is -2.13. The fourth-order valence-corrected chi connectivity index (χ4v) is 3.02. The second-order valence-corrected chi connectivity index (χ2v) is 6.40. The molecule has 0 aliphatic heterocycles. The Morgan fingerprint density at radius 2 is 1.86 bits per heavy atom. The normalized spacial score (nSPS) is 10.7. The molecule has 2 aromatic heterocycles. The molecule has 0 bridgehead atoms. The fraction of sp³-hybridized carbons (Fsp3) is 0.0952. The SMILES string of the molecule is COc1ccc2nc(-c3cccnc3)nc(Nc3ccc(Cl)c(OC)c3)c2c1. The molecule has 4 rings (SSSR count). The molecule has 2 heterocycles. The summed E-state index contributed by atoms with van der Waals surface area (Å²) in [5.41, 5.74) is 2.41. The standard InChI is InChI=1S/C21H17ClN4O2/c1-27-15-6-8-18-16(11-15)21(24-14-5-7-17(22)19(10-14)28-2)26-20(25-18)13-4-3-9-23-12-13/h3-12H,1-2H3,(H,24,25,26). The van der Waals surface area contributed by atoms with Gasteiger partial charge in [-0.25, -0.2) is 9.97 Å². The van der Waals surface area contributed by atoms with Crippen LogP contribution in [0, 0.1) is 0 Å². The van der Waals surface area contributed by atoms with Gasteiger partial charge in [0.1, 0.15) is 17.3 Å². The molecule has 0 spiro atoms. The molecule has 0 saturated carbocycles. The Bertz CT molecular complexity index is 1140. The first-order valence-electron chi connectivity index (χ1n) is 8.54. The summed E-state index contributed by atoms with van der Waals surface area (Å²) in [4.78, 5) is 13.6. The largest absolute Gasteiger partial charge is 0.497 e. The highest BCUT2D eigenvalue weighted by Gasteiger charge is 2.12. The lowest BCUT2D eigenvalue weighted by Crippen LogP contribution is -2.00. The smallest absolute Gasteiger partial charge is 0.163 e. The maximum atomic E-state index is 6.14. The van der Waals surface area contributed by atoms with Crippen molar-refractivity contribution < 1.29 is 9.47 Å². The quantitative estimate of drug-likeness (QED) is 0.509. The Balaban J connectivity index is 1.86. The van der Waals surface area contributed by atoms with Gasteiger partial charge in [0, 0.05) is 35.1 Å². The Kier molecular flexibility index (Phi) is 4.95. The minimum Gasteiger partial charge on any atom is -0.497 e. The molecule has 1 N–H and O–H groups in total. The first kappa shape index (κ1) is 18.0. The van der Waals surface area contributed by atoms with Gasteiger partial charge in [-0.1, -0.05) is 11.6 Å². The van der Waals surface area contributed by atoms with E-state index in [1.54, 1.807) is 32.7 Å². The predicted molar refractivity (Wildman–Crippen MR) is 111 cm³/mol. The maximum Gasteiger partial charge on any atom is 0.163 e. The van der Waals surface area contributed by atoms with Gasteiger partial charge < -0.3 is 14.8 Å². The highest BCUT2D eigenvalue weighted by Crippen LogP contribution is 2.32. The van der Waals surface area contributed by atoms with Gasteiger partial charge in [0.05, 0.1) is 24.8 Å². The molecule has 0 aliphatic rings. The number of methoxy groups -OCH3 is 2. The molecular weight excluding hydrogens is 376 g/mol. The molecule has 28 heavy (non-hydrogen) atoms. The molecule has 0 unspecified atom stereocenters. The summed E-state index contributed by atoms with van der Waals surface area (Å²) in [5, 5.41) is 4.72. The lowest BCUT2D eigenvalue weighted by molar-refractivity contribution is 0.415. The van der Waals surface area contributed by atoms with Gasteiger partial charge in [0.15, 0.2) is 5.82 Å². The van der Waals surface area contributed by atoms with Crippen molar-refractivity contribution in [3.05, 3.63) is 65.9 Å². The number of anilines is 2. The van der Waals surface area contributed by atoms with Crippen LogP contribution in [-0.2, 0) is 0 Å². The van der Waals surface area contributed by atoms with E-state index in [0.717, 1.165) is 27.9 Å². The minimum absolute atomic E-state index is 0.540. The zero-order valence-electron chi connectivity index (χ0n) is 15.3. The van der Waals surface area contributed by atoms with Crippen LogP contribution in [0.2, 0.25) is 5.02 Å². The molecule has 0 atom stereocenters. The highest BCUT2D eigenvalue weighted by atomic mass is 35.5. The summed E-state index contributed by atoms with van der Waals surface area (Å²) in [6.45, 7) is 0. The monoisotopic (exact) mass is 392 g/mol. The van der Waals surface area contributed by atoms with Crippen molar-refractivity contribution >= 4 is 34.0 Å². The predicted octanol–water partition coefficient (Wildman–Crippen LogP) is 5.11. The molecule has 4 aromatic rings. The van der Waals surface area contributed by atoms with Gasteiger partial charge in [0.25, 0.3) is 0 Å². The van der Waals surface area contributed by atoms with Gasteiger partial charge in [-0.3, -0.25) is 4.98 Å². The van der Waals surface area contributed by atoms with Crippen LogP contribution in [-0.4, -0.2) is 29.2 Å². The molecular formula is C21H17ClN4O2. The number of hydrogen-bond donors (Lipinski definition) is 1. The van der Waals surface area contributed by atoms with Crippen molar-refractivity contribution in [1.82, 2.24) is 15.0 Å². The summed E-state index contributed by atoms with van der Waals surface area (Å²) in [6.07, 6.45) is 3.45. The number of aromatic nitrogens is 3. The zero-order valence-corrected chi connectivity index (χ0v) is 16.1. The summed E-state index contributed by atoms with van der Waals surface area (Å²) >= 11 is 6.14. The molecule has 0 radical (unpaired) electrons. The summed E-state index contributed by atoms with van der Waals surface area (Å²) in [5.74, 6) is 2.53. The molecule has 6 nitrogen and oxygen atoms in total. The number of nitrogens with one attached hydrogen (secondary N) is 1. The van der Waals surface area contributed by atoms with Gasteiger partial charge >= 0.3 is 0 Å². The Labute approximate surface area is 167 Å².